The molecule has 0 radical (unpaired) electrons. The number of anilines is 1. The van der Waals surface area contributed by atoms with Crippen LogP contribution in [-0.2, 0) is 13.1 Å². The van der Waals surface area contributed by atoms with Crippen LogP contribution in [0, 0.1) is 0 Å². The Bertz CT molecular complexity index is 479. The molecule has 0 aliphatic heterocycles. The first-order chi connectivity index (χ1) is 8.70. The Morgan fingerprint density at radius 1 is 1.44 bits per heavy atom. The number of nitrogens with zero attached hydrogens (tertiary/aromatic N) is 2. The topological polar surface area (TPSA) is 50.5 Å². The van der Waals surface area contributed by atoms with Gasteiger partial charge in [-0.25, -0.2) is 0 Å². The third-order valence-electron chi connectivity index (χ3n) is 2.39. The first-order valence-electron chi connectivity index (χ1n) is 5.65. The monoisotopic (exact) mass is 267 g/mol. The summed E-state index contributed by atoms with van der Waals surface area (Å²) in [4.78, 5) is 7.47. The van der Waals surface area contributed by atoms with E-state index < -0.39 is 0 Å². The van der Waals surface area contributed by atoms with Crippen molar-refractivity contribution in [3.05, 3.63) is 29.0 Å². The van der Waals surface area contributed by atoms with Crippen molar-refractivity contribution in [3.63, 3.8) is 0 Å². The van der Waals surface area contributed by atoms with Gasteiger partial charge in [0, 0.05) is 20.6 Å². The molecule has 18 heavy (non-hydrogen) atoms. The molecule has 0 atom stereocenters. The summed E-state index contributed by atoms with van der Waals surface area (Å²) in [7, 11) is 5.58. The van der Waals surface area contributed by atoms with Gasteiger partial charge in [-0.3, -0.25) is 0 Å². The summed E-state index contributed by atoms with van der Waals surface area (Å²) in [5.41, 5.74) is 0. The fourth-order valence-electron chi connectivity index (χ4n) is 1.50. The van der Waals surface area contributed by atoms with Gasteiger partial charge in [-0.15, -0.1) is 0 Å². The molecule has 0 spiro atoms. The van der Waals surface area contributed by atoms with Crippen molar-refractivity contribution in [3.8, 4) is 5.88 Å². The summed E-state index contributed by atoms with van der Waals surface area (Å²) in [6, 6.07) is 3.83. The number of aromatic nitrogens is 1. The molecule has 0 amide bonds. The zero-order valence-electron chi connectivity index (χ0n) is 10.8. The van der Waals surface area contributed by atoms with Crippen LogP contribution in [0.25, 0.3) is 0 Å². The van der Waals surface area contributed by atoms with Gasteiger partial charge in [0.05, 0.1) is 24.8 Å². The van der Waals surface area contributed by atoms with Gasteiger partial charge in [-0.05, 0) is 12.1 Å². The van der Waals surface area contributed by atoms with E-state index in [0.717, 1.165) is 22.3 Å². The van der Waals surface area contributed by atoms with Crippen molar-refractivity contribution in [2.45, 2.75) is 13.1 Å². The molecule has 0 aliphatic carbocycles. The van der Waals surface area contributed by atoms with Gasteiger partial charge in [0.2, 0.25) is 5.88 Å². The maximum Gasteiger partial charge on any atom is 0.230 e. The summed E-state index contributed by atoms with van der Waals surface area (Å²) in [5, 5.41) is 4.26. The lowest BCUT2D eigenvalue weighted by molar-refractivity contribution is 0.394. The predicted molar refractivity (Wildman–Crippen MR) is 72.2 cm³/mol. The second-order valence-electron chi connectivity index (χ2n) is 4.01. The minimum Gasteiger partial charge on any atom is -0.480 e. The molecule has 0 saturated heterocycles. The smallest absolute Gasteiger partial charge is 0.230 e. The molecular formula is C12H17N3O2S. The predicted octanol–water partition coefficient (Wildman–Crippen LogP) is 2.10. The van der Waals surface area contributed by atoms with Gasteiger partial charge in [-0.2, -0.15) is 4.98 Å². The van der Waals surface area contributed by atoms with Crippen LogP contribution in [-0.4, -0.2) is 26.2 Å². The Kier molecular flexibility index (Phi) is 4.22. The molecule has 2 aromatic heterocycles. The summed E-state index contributed by atoms with van der Waals surface area (Å²) in [6.45, 7) is 1.42. The van der Waals surface area contributed by atoms with Crippen molar-refractivity contribution in [2.75, 3.05) is 26.1 Å². The van der Waals surface area contributed by atoms with Gasteiger partial charge in [0.15, 0.2) is 5.13 Å². The first kappa shape index (κ1) is 12.9. The normalized spacial score (nSPS) is 10.6. The molecule has 98 valence electrons. The van der Waals surface area contributed by atoms with E-state index >= 15 is 0 Å². The summed E-state index contributed by atoms with van der Waals surface area (Å²) < 4.78 is 10.5. The SMILES string of the molecule is COc1nc(N(C)C)sc1CNCc1ccco1. The van der Waals surface area contributed by atoms with Crippen LogP contribution < -0.4 is 15.0 Å². The van der Waals surface area contributed by atoms with E-state index in [1.807, 2.05) is 31.1 Å². The van der Waals surface area contributed by atoms with Crippen molar-refractivity contribution >= 4 is 16.5 Å². The van der Waals surface area contributed by atoms with E-state index in [1.54, 1.807) is 24.7 Å². The Labute approximate surface area is 110 Å². The highest BCUT2D eigenvalue weighted by Gasteiger charge is 2.12. The fraction of sp³-hybridized carbons (Fsp3) is 0.417. The van der Waals surface area contributed by atoms with Crippen LogP contribution in [0.15, 0.2) is 22.8 Å². The van der Waals surface area contributed by atoms with E-state index in [2.05, 4.69) is 10.3 Å². The van der Waals surface area contributed by atoms with E-state index in [4.69, 9.17) is 9.15 Å². The highest BCUT2D eigenvalue weighted by molar-refractivity contribution is 7.15. The van der Waals surface area contributed by atoms with Crippen LogP contribution in [0.5, 0.6) is 5.88 Å². The van der Waals surface area contributed by atoms with Crippen LogP contribution in [0.3, 0.4) is 0 Å². The molecule has 0 aliphatic rings. The van der Waals surface area contributed by atoms with Crippen LogP contribution in [0.2, 0.25) is 0 Å². The highest BCUT2D eigenvalue weighted by Crippen LogP contribution is 2.30. The van der Waals surface area contributed by atoms with Crippen LogP contribution >= 0.6 is 11.3 Å². The lowest BCUT2D eigenvalue weighted by Crippen LogP contribution is -2.11. The highest BCUT2D eigenvalue weighted by atomic mass is 32.1. The number of rotatable bonds is 6. The maximum atomic E-state index is 5.27. The summed E-state index contributed by atoms with van der Waals surface area (Å²) in [5.74, 6) is 1.61. The largest absolute Gasteiger partial charge is 0.480 e. The minimum absolute atomic E-state index is 0.690. The van der Waals surface area contributed by atoms with Gasteiger partial charge in [-0.1, -0.05) is 11.3 Å². The molecule has 0 aromatic carbocycles. The molecule has 0 unspecified atom stereocenters. The third-order valence-corrected chi connectivity index (χ3v) is 3.60. The van der Waals surface area contributed by atoms with E-state index in [9.17, 15) is 0 Å². The number of thiazole rings is 1. The molecule has 2 rings (SSSR count). The Morgan fingerprint density at radius 2 is 2.28 bits per heavy atom. The average Bonchev–Trinajstić information content (AvgIpc) is 2.97. The molecule has 6 heteroatoms. The third kappa shape index (κ3) is 3.02. The average molecular weight is 267 g/mol. The lowest BCUT2D eigenvalue weighted by atomic mass is 10.4. The van der Waals surface area contributed by atoms with Crippen LogP contribution in [0.1, 0.15) is 10.6 Å². The van der Waals surface area contributed by atoms with Crippen molar-refractivity contribution < 1.29 is 9.15 Å². The number of ether oxygens (including phenoxy) is 1. The molecule has 0 saturated carbocycles. The first-order valence-corrected chi connectivity index (χ1v) is 6.46. The zero-order valence-corrected chi connectivity index (χ0v) is 11.6. The Morgan fingerprint density at radius 3 is 2.89 bits per heavy atom. The molecule has 0 bridgehead atoms. The molecular weight excluding hydrogens is 250 g/mol. The van der Waals surface area contributed by atoms with E-state index in [0.29, 0.717) is 12.4 Å². The number of furan rings is 1. The maximum absolute atomic E-state index is 5.27. The van der Waals surface area contributed by atoms with Gasteiger partial charge >= 0.3 is 0 Å². The van der Waals surface area contributed by atoms with E-state index in [-0.39, 0.29) is 0 Å². The van der Waals surface area contributed by atoms with Gasteiger partial charge in [0.1, 0.15) is 5.76 Å². The minimum atomic E-state index is 0.690. The second kappa shape index (κ2) is 5.88. The molecule has 2 aromatic rings. The number of nitrogens with one attached hydrogen (secondary N) is 1. The number of hydrogen-bond acceptors (Lipinski definition) is 6. The standard InChI is InChI=1S/C12H17N3O2S/c1-15(2)12-14-11(16-3)10(18-12)8-13-7-9-5-4-6-17-9/h4-6,13H,7-8H2,1-3H3. The van der Waals surface area contributed by atoms with Gasteiger partial charge < -0.3 is 19.4 Å². The lowest BCUT2D eigenvalue weighted by Gasteiger charge is -2.04. The Balaban J connectivity index is 1.95. The number of methoxy groups -OCH3 is 1. The van der Waals surface area contributed by atoms with Crippen molar-refractivity contribution in [1.29, 1.82) is 0 Å². The molecule has 0 fully saturated rings. The van der Waals surface area contributed by atoms with E-state index in [1.165, 1.54) is 0 Å². The van der Waals surface area contributed by atoms with Gasteiger partial charge in [0.25, 0.3) is 0 Å². The van der Waals surface area contributed by atoms with Crippen molar-refractivity contribution in [1.82, 2.24) is 10.3 Å². The fourth-order valence-corrected chi connectivity index (χ4v) is 2.42. The zero-order chi connectivity index (χ0) is 13.0. The summed E-state index contributed by atoms with van der Waals surface area (Å²) in [6.07, 6.45) is 1.68. The molecule has 5 nitrogen and oxygen atoms in total. The number of hydrogen-bond donors (Lipinski definition) is 1. The van der Waals surface area contributed by atoms with Crippen molar-refractivity contribution in [2.24, 2.45) is 0 Å². The molecule has 2 heterocycles. The Hall–Kier alpha value is -1.53. The molecule has 1 N–H and O–H groups in total. The summed E-state index contributed by atoms with van der Waals surface area (Å²) >= 11 is 1.63. The quantitative estimate of drug-likeness (QED) is 0.868. The van der Waals surface area contributed by atoms with Crippen LogP contribution in [0.4, 0.5) is 5.13 Å². The second-order valence-corrected chi connectivity index (χ2v) is 5.07.